The topological polar surface area (TPSA) is 80.0 Å². The molecule has 2 heterocycles. The van der Waals surface area contributed by atoms with Crippen LogP contribution in [0.3, 0.4) is 0 Å². The summed E-state index contributed by atoms with van der Waals surface area (Å²) in [5.74, 6) is 0.636. The molecule has 0 amide bonds. The minimum atomic E-state index is -3.58. The van der Waals surface area contributed by atoms with Crippen LogP contribution in [0.15, 0.2) is 20.0 Å². The van der Waals surface area contributed by atoms with Crippen LogP contribution in [0, 0.1) is 5.92 Å². The fraction of sp³-hybridized carbons (Fsp3) is 0.667. The second-order valence-corrected chi connectivity index (χ2v) is 7.44. The number of hydrogen-bond donors (Lipinski definition) is 1. The summed E-state index contributed by atoms with van der Waals surface area (Å²) in [6, 6.07) is 1.36. The number of piperidine rings is 1. The molecule has 2 rings (SSSR count). The molecule has 1 fully saturated rings. The first-order chi connectivity index (χ1) is 9.48. The molecule has 20 heavy (non-hydrogen) atoms. The van der Waals surface area contributed by atoms with Crippen molar-refractivity contribution in [2.24, 2.45) is 5.92 Å². The van der Waals surface area contributed by atoms with Crippen LogP contribution in [-0.4, -0.2) is 44.6 Å². The molecular weight excluding hydrogens is 350 g/mol. The molecule has 1 N–H and O–H groups in total. The normalized spacial score (nSPS) is 18.6. The number of furan rings is 1. The summed E-state index contributed by atoms with van der Waals surface area (Å²) in [5.41, 5.74) is 0. The van der Waals surface area contributed by atoms with Crippen LogP contribution < -0.4 is 0 Å². The van der Waals surface area contributed by atoms with Gasteiger partial charge >= 0.3 is 0 Å². The molecule has 1 aromatic heterocycles. The van der Waals surface area contributed by atoms with Gasteiger partial charge in [0.05, 0.1) is 0 Å². The van der Waals surface area contributed by atoms with Gasteiger partial charge in [0.2, 0.25) is 10.0 Å². The van der Waals surface area contributed by atoms with E-state index in [1.165, 1.54) is 10.4 Å². The van der Waals surface area contributed by atoms with Crippen LogP contribution in [0.4, 0.5) is 0 Å². The van der Waals surface area contributed by atoms with Crippen LogP contribution in [0.1, 0.15) is 18.6 Å². The first-order valence-electron chi connectivity index (χ1n) is 6.37. The molecule has 0 radical (unpaired) electrons. The lowest BCUT2D eigenvalue weighted by Crippen LogP contribution is -2.39. The predicted molar refractivity (Wildman–Crippen MR) is 75.7 cm³/mol. The summed E-state index contributed by atoms with van der Waals surface area (Å²) in [6.07, 6.45) is 1.57. The fourth-order valence-corrected chi connectivity index (χ4v) is 4.77. The number of halogens is 1. The highest BCUT2D eigenvalue weighted by atomic mass is 79.9. The molecule has 8 heteroatoms. The van der Waals surface area contributed by atoms with E-state index in [0.29, 0.717) is 25.6 Å². The maximum Gasteiger partial charge on any atom is 0.247 e. The summed E-state index contributed by atoms with van der Waals surface area (Å²) in [5, 5.41) is 9.01. The van der Waals surface area contributed by atoms with Crippen molar-refractivity contribution < 1.29 is 22.7 Å². The number of hydrogen-bond acceptors (Lipinski definition) is 5. The predicted octanol–water partition coefficient (Wildman–Crippen LogP) is 1.58. The molecule has 0 unspecified atom stereocenters. The number of methoxy groups -OCH3 is 1. The summed E-state index contributed by atoms with van der Waals surface area (Å²) < 4.78 is 36.9. The third-order valence-electron chi connectivity index (χ3n) is 3.46. The molecule has 0 aliphatic carbocycles. The van der Waals surface area contributed by atoms with Gasteiger partial charge in [0.25, 0.3) is 0 Å². The highest BCUT2D eigenvalue weighted by molar-refractivity contribution is 9.10. The number of sulfonamides is 1. The number of aliphatic hydroxyl groups excluding tert-OH is 1. The highest BCUT2D eigenvalue weighted by Gasteiger charge is 2.32. The van der Waals surface area contributed by atoms with Gasteiger partial charge in [0.15, 0.2) is 4.67 Å². The summed E-state index contributed by atoms with van der Waals surface area (Å²) in [4.78, 5) is 0.0757. The van der Waals surface area contributed by atoms with Crippen LogP contribution in [0.5, 0.6) is 0 Å². The van der Waals surface area contributed by atoms with E-state index in [0.717, 1.165) is 12.8 Å². The zero-order valence-corrected chi connectivity index (χ0v) is 13.6. The Labute approximate surface area is 126 Å². The largest absolute Gasteiger partial charge is 0.450 e. The van der Waals surface area contributed by atoms with Gasteiger partial charge in [-0.25, -0.2) is 8.42 Å². The smallest absolute Gasteiger partial charge is 0.247 e. The monoisotopic (exact) mass is 367 g/mol. The zero-order valence-electron chi connectivity index (χ0n) is 11.2. The van der Waals surface area contributed by atoms with E-state index in [-0.39, 0.29) is 21.9 Å². The third kappa shape index (κ3) is 3.25. The Balaban J connectivity index is 2.13. The van der Waals surface area contributed by atoms with Crippen molar-refractivity contribution in [1.29, 1.82) is 0 Å². The molecular formula is C12H18BrNO5S. The number of ether oxygens (including phenoxy) is 1. The van der Waals surface area contributed by atoms with E-state index in [1.54, 1.807) is 7.11 Å². The first kappa shape index (κ1) is 16.0. The van der Waals surface area contributed by atoms with Gasteiger partial charge in [-0.3, -0.25) is 0 Å². The van der Waals surface area contributed by atoms with Crippen LogP contribution >= 0.6 is 15.9 Å². The summed E-state index contributed by atoms with van der Waals surface area (Å²) in [6.45, 7) is 1.28. The SMILES string of the molecule is COCC1CCN(S(=O)(=O)c2cc(CO)oc2Br)CC1. The van der Waals surface area contributed by atoms with Crippen molar-refractivity contribution in [2.75, 3.05) is 26.8 Å². The molecule has 114 valence electrons. The van der Waals surface area contributed by atoms with Gasteiger partial charge < -0.3 is 14.3 Å². The van der Waals surface area contributed by atoms with Crippen molar-refractivity contribution in [2.45, 2.75) is 24.3 Å². The molecule has 0 bridgehead atoms. The lowest BCUT2D eigenvalue weighted by Gasteiger charge is -2.30. The van der Waals surface area contributed by atoms with Gasteiger partial charge in [-0.2, -0.15) is 4.31 Å². The Kier molecular flexibility index (Phi) is 5.25. The molecule has 0 spiro atoms. The molecule has 1 aliphatic heterocycles. The number of rotatable bonds is 5. The lowest BCUT2D eigenvalue weighted by molar-refractivity contribution is 0.121. The van der Waals surface area contributed by atoms with E-state index < -0.39 is 10.0 Å². The van der Waals surface area contributed by atoms with E-state index in [4.69, 9.17) is 14.3 Å². The van der Waals surface area contributed by atoms with Crippen LogP contribution in [0.2, 0.25) is 0 Å². The minimum absolute atomic E-state index is 0.0757. The molecule has 1 saturated heterocycles. The third-order valence-corrected chi connectivity index (χ3v) is 6.21. The Bertz CT molecular complexity index is 548. The van der Waals surface area contributed by atoms with E-state index in [2.05, 4.69) is 15.9 Å². The number of nitrogens with zero attached hydrogens (tertiary/aromatic N) is 1. The second kappa shape index (κ2) is 6.57. The number of aliphatic hydroxyl groups is 1. The average molecular weight is 368 g/mol. The molecule has 0 saturated carbocycles. The molecule has 6 nitrogen and oxygen atoms in total. The average Bonchev–Trinajstić information content (AvgIpc) is 2.82. The van der Waals surface area contributed by atoms with Crippen LogP contribution in [0.25, 0.3) is 0 Å². The quantitative estimate of drug-likeness (QED) is 0.854. The second-order valence-electron chi connectivity index (χ2n) is 4.81. The van der Waals surface area contributed by atoms with Crippen molar-refractivity contribution in [3.8, 4) is 0 Å². The molecule has 1 aliphatic rings. The fourth-order valence-electron chi connectivity index (χ4n) is 2.34. The van der Waals surface area contributed by atoms with Crippen molar-refractivity contribution in [3.63, 3.8) is 0 Å². The summed E-state index contributed by atoms with van der Waals surface area (Å²) in [7, 11) is -1.92. The lowest BCUT2D eigenvalue weighted by atomic mass is 9.99. The molecule has 0 aromatic carbocycles. The Hall–Kier alpha value is -0.410. The van der Waals surface area contributed by atoms with Crippen molar-refractivity contribution >= 4 is 26.0 Å². The van der Waals surface area contributed by atoms with E-state index in [1.807, 2.05) is 0 Å². The highest BCUT2D eigenvalue weighted by Crippen LogP contribution is 2.31. The molecule has 0 atom stereocenters. The van der Waals surface area contributed by atoms with E-state index in [9.17, 15) is 8.42 Å². The maximum absolute atomic E-state index is 12.5. The van der Waals surface area contributed by atoms with Gasteiger partial charge in [-0.15, -0.1) is 0 Å². The van der Waals surface area contributed by atoms with Crippen molar-refractivity contribution in [3.05, 3.63) is 16.5 Å². The van der Waals surface area contributed by atoms with Crippen LogP contribution in [-0.2, 0) is 21.4 Å². The maximum atomic E-state index is 12.5. The first-order valence-corrected chi connectivity index (χ1v) is 8.60. The van der Waals surface area contributed by atoms with Crippen molar-refractivity contribution in [1.82, 2.24) is 4.31 Å². The zero-order chi connectivity index (χ0) is 14.8. The van der Waals surface area contributed by atoms with Gasteiger partial charge in [-0.1, -0.05) is 0 Å². The van der Waals surface area contributed by atoms with Gasteiger partial charge in [0.1, 0.15) is 17.3 Å². The Morgan fingerprint density at radius 2 is 2.15 bits per heavy atom. The van der Waals surface area contributed by atoms with E-state index >= 15 is 0 Å². The molecule has 1 aromatic rings. The minimum Gasteiger partial charge on any atom is -0.450 e. The van der Waals surface area contributed by atoms with Gasteiger partial charge in [-0.05, 0) is 34.7 Å². The standard InChI is InChI=1S/C12H18BrNO5S/c1-18-8-9-2-4-14(5-3-9)20(16,17)11-6-10(7-15)19-12(11)13/h6,9,15H,2-5,7-8H2,1H3. The Morgan fingerprint density at radius 1 is 1.50 bits per heavy atom. The summed E-state index contributed by atoms with van der Waals surface area (Å²) >= 11 is 3.09. The van der Waals surface area contributed by atoms with Gasteiger partial charge in [0, 0.05) is 32.9 Å². The Morgan fingerprint density at radius 3 is 2.65 bits per heavy atom.